The Morgan fingerprint density at radius 2 is 2.06 bits per heavy atom. The second-order valence-electron chi connectivity index (χ2n) is 4.60. The molecule has 0 aliphatic heterocycles. The predicted molar refractivity (Wildman–Crippen MR) is 61.7 cm³/mol. The van der Waals surface area contributed by atoms with Gasteiger partial charge in [-0.15, -0.1) is 0 Å². The Labute approximate surface area is 95.3 Å². The monoisotopic (exact) mass is 219 g/mol. The summed E-state index contributed by atoms with van der Waals surface area (Å²) in [6, 6.07) is 9.54. The first kappa shape index (κ1) is 11.1. The molecular formula is C13H17NO2. The van der Waals surface area contributed by atoms with E-state index in [1.165, 1.54) is 0 Å². The summed E-state index contributed by atoms with van der Waals surface area (Å²) in [5, 5.41) is 9.49. The van der Waals surface area contributed by atoms with Crippen molar-refractivity contribution >= 4 is 5.91 Å². The van der Waals surface area contributed by atoms with Crippen molar-refractivity contribution in [2.45, 2.75) is 25.2 Å². The summed E-state index contributed by atoms with van der Waals surface area (Å²) in [5.41, 5.74) is 5.47. The summed E-state index contributed by atoms with van der Waals surface area (Å²) >= 11 is 0. The van der Waals surface area contributed by atoms with E-state index in [1.54, 1.807) is 0 Å². The largest absolute Gasteiger partial charge is 0.396 e. The minimum absolute atomic E-state index is 0.0152. The molecule has 0 spiro atoms. The SMILES string of the molecule is CCC1(CO)CC1(C(N)=O)c1ccccc1. The number of nitrogens with two attached hydrogens (primary N) is 1. The third-order valence-electron chi connectivity index (χ3n) is 4.05. The lowest BCUT2D eigenvalue weighted by molar-refractivity contribution is -0.121. The zero-order chi connectivity index (χ0) is 11.8. The highest BCUT2D eigenvalue weighted by Crippen LogP contribution is 2.66. The molecule has 0 heterocycles. The first-order valence-electron chi connectivity index (χ1n) is 5.59. The van der Waals surface area contributed by atoms with Gasteiger partial charge in [-0.05, 0) is 18.4 Å². The van der Waals surface area contributed by atoms with Gasteiger partial charge in [-0.3, -0.25) is 4.79 Å². The summed E-state index contributed by atoms with van der Waals surface area (Å²) < 4.78 is 0. The van der Waals surface area contributed by atoms with Gasteiger partial charge in [0.05, 0.1) is 12.0 Å². The van der Waals surface area contributed by atoms with Gasteiger partial charge in [-0.25, -0.2) is 0 Å². The van der Waals surface area contributed by atoms with Crippen molar-refractivity contribution in [1.82, 2.24) is 0 Å². The number of hydrogen-bond donors (Lipinski definition) is 2. The first-order valence-corrected chi connectivity index (χ1v) is 5.59. The van der Waals surface area contributed by atoms with Gasteiger partial charge in [-0.1, -0.05) is 37.3 Å². The average Bonchev–Trinajstić information content (AvgIpc) is 3.02. The first-order chi connectivity index (χ1) is 7.63. The highest BCUT2D eigenvalue weighted by molar-refractivity contribution is 5.92. The van der Waals surface area contributed by atoms with Crippen LogP contribution in [0.2, 0.25) is 0 Å². The summed E-state index contributed by atoms with van der Waals surface area (Å²) in [6.45, 7) is 2.01. The van der Waals surface area contributed by atoms with E-state index in [1.807, 2.05) is 37.3 Å². The summed E-state index contributed by atoms with van der Waals surface area (Å²) in [5.74, 6) is -0.324. The number of carbonyl (C=O) groups is 1. The molecule has 0 bridgehead atoms. The Bertz CT molecular complexity index is 398. The van der Waals surface area contributed by atoms with Crippen LogP contribution in [0.5, 0.6) is 0 Å². The molecule has 1 amide bonds. The van der Waals surface area contributed by atoms with Gasteiger partial charge in [-0.2, -0.15) is 0 Å². The standard InChI is InChI=1S/C13H17NO2/c1-2-12(9-15)8-13(12,11(14)16)10-6-4-3-5-7-10/h3-7,15H,2,8-9H2,1H3,(H2,14,16). The van der Waals surface area contributed by atoms with Crippen LogP contribution in [0.1, 0.15) is 25.3 Å². The van der Waals surface area contributed by atoms with Crippen LogP contribution in [0, 0.1) is 5.41 Å². The normalized spacial score (nSPS) is 32.4. The Hall–Kier alpha value is -1.35. The zero-order valence-corrected chi connectivity index (χ0v) is 9.44. The second kappa shape index (κ2) is 3.59. The molecule has 2 unspecified atom stereocenters. The highest BCUT2D eigenvalue weighted by Gasteiger charge is 2.70. The van der Waals surface area contributed by atoms with Gasteiger partial charge in [0.1, 0.15) is 0 Å². The maximum Gasteiger partial charge on any atom is 0.228 e. The van der Waals surface area contributed by atoms with Gasteiger partial charge in [0, 0.05) is 5.41 Å². The van der Waals surface area contributed by atoms with Crippen LogP contribution >= 0.6 is 0 Å². The van der Waals surface area contributed by atoms with Crippen LogP contribution in [0.4, 0.5) is 0 Å². The molecular weight excluding hydrogens is 202 g/mol. The molecule has 1 aromatic rings. The topological polar surface area (TPSA) is 63.3 Å². The van der Waals surface area contributed by atoms with E-state index in [0.29, 0.717) is 6.42 Å². The maximum absolute atomic E-state index is 11.7. The Balaban J connectivity index is 2.46. The van der Waals surface area contributed by atoms with Crippen LogP contribution in [-0.4, -0.2) is 17.6 Å². The molecule has 1 aliphatic carbocycles. The average molecular weight is 219 g/mol. The predicted octanol–water partition coefficient (Wildman–Crippen LogP) is 1.20. The van der Waals surface area contributed by atoms with Crippen molar-refractivity contribution in [2.75, 3.05) is 6.61 Å². The van der Waals surface area contributed by atoms with Crippen molar-refractivity contribution in [2.24, 2.45) is 11.1 Å². The van der Waals surface area contributed by atoms with Crippen molar-refractivity contribution in [3.8, 4) is 0 Å². The molecule has 3 nitrogen and oxygen atoms in total. The van der Waals surface area contributed by atoms with E-state index in [4.69, 9.17) is 5.73 Å². The molecule has 1 aliphatic rings. The fourth-order valence-electron chi connectivity index (χ4n) is 2.81. The number of hydrogen-bond acceptors (Lipinski definition) is 2. The molecule has 0 aromatic heterocycles. The number of amides is 1. The Morgan fingerprint density at radius 1 is 1.44 bits per heavy atom. The number of carbonyl (C=O) groups excluding carboxylic acids is 1. The van der Waals surface area contributed by atoms with Crippen molar-refractivity contribution in [1.29, 1.82) is 0 Å². The fourth-order valence-corrected chi connectivity index (χ4v) is 2.81. The lowest BCUT2D eigenvalue weighted by Crippen LogP contribution is -2.35. The van der Waals surface area contributed by atoms with Gasteiger partial charge < -0.3 is 10.8 Å². The van der Waals surface area contributed by atoms with Crippen LogP contribution < -0.4 is 5.73 Å². The smallest absolute Gasteiger partial charge is 0.228 e. The van der Waals surface area contributed by atoms with Crippen LogP contribution in [0.15, 0.2) is 30.3 Å². The van der Waals surface area contributed by atoms with Crippen molar-refractivity contribution in [3.63, 3.8) is 0 Å². The third-order valence-corrected chi connectivity index (χ3v) is 4.05. The van der Waals surface area contributed by atoms with Crippen LogP contribution in [-0.2, 0) is 10.2 Å². The maximum atomic E-state index is 11.7. The van der Waals surface area contributed by atoms with Crippen LogP contribution in [0.3, 0.4) is 0 Å². The number of rotatable bonds is 4. The van der Waals surface area contributed by atoms with E-state index in [2.05, 4.69) is 0 Å². The molecule has 86 valence electrons. The van der Waals surface area contributed by atoms with E-state index in [9.17, 15) is 9.90 Å². The Morgan fingerprint density at radius 3 is 2.44 bits per heavy atom. The molecule has 1 aromatic carbocycles. The van der Waals surface area contributed by atoms with Gasteiger partial charge in [0.2, 0.25) is 5.91 Å². The number of aliphatic hydroxyl groups is 1. The number of aliphatic hydroxyl groups excluding tert-OH is 1. The molecule has 3 heteroatoms. The third kappa shape index (κ3) is 1.21. The zero-order valence-electron chi connectivity index (χ0n) is 9.44. The molecule has 16 heavy (non-hydrogen) atoms. The van der Waals surface area contributed by atoms with Crippen molar-refractivity contribution < 1.29 is 9.90 Å². The molecule has 2 rings (SSSR count). The van der Waals surface area contributed by atoms with Gasteiger partial charge >= 0.3 is 0 Å². The summed E-state index contributed by atoms with van der Waals surface area (Å²) in [4.78, 5) is 11.7. The Kier molecular flexibility index (Phi) is 2.50. The van der Waals surface area contributed by atoms with Crippen LogP contribution in [0.25, 0.3) is 0 Å². The summed E-state index contributed by atoms with van der Waals surface area (Å²) in [6.07, 6.45) is 1.42. The molecule has 1 fully saturated rings. The molecule has 2 atom stereocenters. The minimum atomic E-state index is -0.655. The lowest BCUT2D eigenvalue weighted by Gasteiger charge is -2.21. The van der Waals surface area contributed by atoms with E-state index < -0.39 is 5.41 Å². The molecule has 1 saturated carbocycles. The number of primary amides is 1. The fraction of sp³-hybridized carbons (Fsp3) is 0.462. The molecule has 3 N–H and O–H groups in total. The summed E-state index contributed by atoms with van der Waals surface area (Å²) in [7, 11) is 0. The van der Waals surface area contributed by atoms with Gasteiger partial charge in [0.25, 0.3) is 0 Å². The van der Waals surface area contributed by atoms with E-state index in [-0.39, 0.29) is 17.9 Å². The molecule has 0 radical (unpaired) electrons. The minimum Gasteiger partial charge on any atom is -0.396 e. The highest BCUT2D eigenvalue weighted by atomic mass is 16.3. The van der Waals surface area contributed by atoms with Gasteiger partial charge in [0.15, 0.2) is 0 Å². The van der Waals surface area contributed by atoms with E-state index >= 15 is 0 Å². The van der Waals surface area contributed by atoms with Crippen molar-refractivity contribution in [3.05, 3.63) is 35.9 Å². The molecule has 0 saturated heterocycles. The lowest BCUT2D eigenvalue weighted by atomic mass is 9.84. The quantitative estimate of drug-likeness (QED) is 0.799. The van der Waals surface area contributed by atoms with E-state index in [0.717, 1.165) is 12.0 Å². The number of benzene rings is 1. The second-order valence-corrected chi connectivity index (χ2v) is 4.60.